The van der Waals surface area contributed by atoms with Crippen LogP contribution < -0.4 is 5.32 Å². The summed E-state index contributed by atoms with van der Waals surface area (Å²) in [6, 6.07) is 0. The number of nitrogens with one attached hydrogen (secondary N) is 1. The molecular weight excluding hydrogens is 725 g/mol. The van der Waals surface area contributed by atoms with Crippen LogP contribution in [0.25, 0.3) is 0 Å². The van der Waals surface area contributed by atoms with Gasteiger partial charge in [-0.1, -0.05) is 167 Å². The zero-order chi connectivity index (χ0) is 41.1. The van der Waals surface area contributed by atoms with Gasteiger partial charge in [0.15, 0.2) is 6.10 Å². The number of hydrogen-bond donors (Lipinski definition) is 2. The lowest BCUT2D eigenvalue weighted by atomic mass is 10.1. The Morgan fingerprint density at radius 1 is 0.536 bits per heavy atom. The van der Waals surface area contributed by atoms with Gasteiger partial charge in [-0.3, -0.25) is 18.6 Å². The van der Waals surface area contributed by atoms with E-state index in [4.69, 9.17) is 18.5 Å². The first kappa shape index (κ1) is 54.5. The van der Waals surface area contributed by atoms with Crippen LogP contribution in [0.2, 0.25) is 0 Å². The third kappa shape index (κ3) is 42.1. The zero-order valence-corrected chi connectivity index (χ0v) is 37.5. The van der Waals surface area contributed by atoms with Gasteiger partial charge in [-0.15, -0.1) is 0 Å². The van der Waals surface area contributed by atoms with E-state index in [1.165, 1.54) is 128 Å². The number of carbonyl (C=O) groups excluding carboxylic acids is 2. The number of likely N-dealkylation sites (N-methyl/N-ethyl adjacent to an activating group) is 1. The van der Waals surface area contributed by atoms with E-state index in [0.29, 0.717) is 13.0 Å². The van der Waals surface area contributed by atoms with Gasteiger partial charge in [0, 0.05) is 19.4 Å². The predicted molar refractivity (Wildman–Crippen MR) is 234 cm³/mol. The largest absolute Gasteiger partial charge is 0.472 e. The number of hydrogen-bond acceptors (Lipinski definition) is 8. The smallest absolute Gasteiger partial charge is 0.462 e. The van der Waals surface area contributed by atoms with Crippen molar-refractivity contribution in [2.45, 2.75) is 225 Å². The number of allylic oxidation sites excluding steroid dienone is 4. The maximum atomic E-state index is 12.6. The topological polar surface area (TPSA) is 120 Å². The van der Waals surface area contributed by atoms with E-state index >= 15 is 0 Å². The molecule has 0 aliphatic carbocycles. The first-order valence-corrected chi connectivity index (χ1v) is 24.8. The Bertz CT molecular complexity index is 975. The van der Waals surface area contributed by atoms with Gasteiger partial charge in [-0.2, -0.15) is 0 Å². The Balaban J connectivity index is 4.17. The van der Waals surface area contributed by atoms with E-state index in [1.54, 1.807) is 7.05 Å². The maximum absolute atomic E-state index is 12.6. The number of unbranched alkanes of at least 4 members (excludes halogenated alkanes) is 26. The fourth-order valence-electron chi connectivity index (χ4n) is 6.48. The van der Waals surface area contributed by atoms with Crippen LogP contribution in [0.1, 0.15) is 219 Å². The second-order valence-corrected chi connectivity index (χ2v) is 17.0. The molecule has 2 N–H and O–H groups in total. The normalized spacial score (nSPS) is 13.4. The summed E-state index contributed by atoms with van der Waals surface area (Å²) in [5.41, 5.74) is 0. The second kappa shape index (κ2) is 43.1. The fraction of sp³-hybridized carbons (Fsp3) is 0.870. The maximum Gasteiger partial charge on any atom is 0.472 e. The number of carbonyl (C=O) groups is 2. The molecule has 10 heteroatoms. The number of ether oxygens (including phenoxy) is 2. The van der Waals surface area contributed by atoms with Crippen molar-refractivity contribution in [3.63, 3.8) is 0 Å². The van der Waals surface area contributed by atoms with Gasteiger partial charge in [0.2, 0.25) is 0 Å². The van der Waals surface area contributed by atoms with Crippen molar-refractivity contribution >= 4 is 19.8 Å². The first-order chi connectivity index (χ1) is 27.3. The molecule has 0 aromatic carbocycles. The molecule has 56 heavy (non-hydrogen) atoms. The SMILES string of the molecule is CCCCCCCC/C=C\CCCCCCCCCCCC(=O)OC(COC(=O)CCCCCCC/C=C\CCCCCCCC)COP(=O)(O)OCCNC. The molecule has 0 saturated carbocycles. The molecule has 2 unspecified atom stereocenters. The van der Waals surface area contributed by atoms with Gasteiger partial charge in [0.1, 0.15) is 6.61 Å². The molecule has 330 valence electrons. The first-order valence-electron chi connectivity index (χ1n) is 23.3. The van der Waals surface area contributed by atoms with Crippen LogP contribution in [0, 0.1) is 0 Å². The summed E-state index contributed by atoms with van der Waals surface area (Å²) in [4.78, 5) is 35.1. The number of esters is 2. The Kier molecular flexibility index (Phi) is 41.9. The molecule has 0 saturated heterocycles. The highest BCUT2D eigenvalue weighted by Gasteiger charge is 2.26. The van der Waals surface area contributed by atoms with Crippen LogP contribution in [-0.4, -0.2) is 56.3 Å². The third-order valence-corrected chi connectivity index (χ3v) is 11.0. The van der Waals surface area contributed by atoms with Crippen molar-refractivity contribution in [1.29, 1.82) is 0 Å². The van der Waals surface area contributed by atoms with Crippen molar-refractivity contribution in [3.05, 3.63) is 24.3 Å². The number of rotatable bonds is 44. The summed E-state index contributed by atoms with van der Waals surface area (Å²) >= 11 is 0. The lowest BCUT2D eigenvalue weighted by molar-refractivity contribution is -0.161. The van der Waals surface area contributed by atoms with Crippen molar-refractivity contribution in [1.82, 2.24) is 5.32 Å². The highest BCUT2D eigenvalue weighted by atomic mass is 31.2. The minimum atomic E-state index is -4.35. The molecule has 0 bridgehead atoms. The van der Waals surface area contributed by atoms with Gasteiger partial charge in [-0.25, -0.2) is 4.57 Å². The second-order valence-electron chi connectivity index (χ2n) is 15.6. The minimum absolute atomic E-state index is 0.0172. The highest BCUT2D eigenvalue weighted by Crippen LogP contribution is 2.43. The van der Waals surface area contributed by atoms with Crippen LogP contribution in [0.15, 0.2) is 24.3 Å². The third-order valence-electron chi connectivity index (χ3n) is 10.0. The molecule has 0 spiro atoms. The van der Waals surface area contributed by atoms with Gasteiger partial charge >= 0.3 is 19.8 Å². The van der Waals surface area contributed by atoms with Crippen LogP contribution in [0.3, 0.4) is 0 Å². The van der Waals surface area contributed by atoms with Crippen LogP contribution in [0.5, 0.6) is 0 Å². The Morgan fingerprint density at radius 3 is 1.32 bits per heavy atom. The molecule has 9 nitrogen and oxygen atoms in total. The van der Waals surface area contributed by atoms with E-state index < -0.39 is 26.5 Å². The minimum Gasteiger partial charge on any atom is -0.462 e. The summed E-state index contributed by atoms with van der Waals surface area (Å²) in [6.07, 6.45) is 45.0. The Morgan fingerprint density at radius 2 is 0.911 bits per heavy atom. The Labute approximate surface area is 344 Å². The average molecular weight is 814 g/mol. The molecule has 0 aliphatic rings. The molecule has 0 amide bonds. The van der Waals surface area contributed by atoms with E-state index in [9.17, 15) is 19.0 Å². The molecule has 0 rings (SSSR count). The summed E-state index contributed by atoms with van der Waals surface area (Å²) in [6.45, 7) is 4.23. The number of phosphoric acid groups is 1. The molecule has 0 aliphatic heterocycles. The van der Waals surface area contributed by atoms with Gasteiger partial charge in [0.05, 0.1) is 13.2 Å². The van der Waals surface area contributed by atoms with Crippen molar-refractivity contribution < 1.29 is 37.6 Å². The van der Waals surface area contributed by atoms with Crippen molar-refractivity contribution in [2.24, 2.45) is 0 Å². The highest BCUT2D eigenvalue weighted by molar-refractivity contribution is 7.47. The zero-order valence-electron chi connectivity index (χ0n) is 36.6. The molecule has 0 fully saturated rings. The average Bonchev–Trinajstić information content (AvgIpc) is 3.18. The van der Waals surface area contributed by atoms with Gasteiger partial charge < -0.3 is 19.7 Å². The predicted octanol–water partition coefficient (Wildman–Crippen LogP) is 13.4. The summed E-state index contributed by atoms with van der Waals surface area (Å²) in [5.74, 6) is -0.812. The standard InChI is InChI=1S/C46H88NO8P/c1-4-6-8-10-12-14-16-18-20-21-22-23-25-27-29-31-33-35-37-39-46(49)55-44(43-54-56(50,51)53-41-40-47-3)42-52-45(48)38-36-34-32-30-28-26-24-19-17-15-13-11-9-7-5-2/h18-20,24,44,47H,4-17,21-23,25-43H2,1-3H3,(H,50,51)/b20-18-,24-19-. The Hall–Kier alpha value is -1.51. The molecule has 2 atom stereocenters. The van der Waals surface area contributed by atoms with Crippen LogP contribution in [0.4, 0.5) is 0 Å². The van der Waals surface area contributed by atoms with Gasteiger partial charge in [0.25, 0.3) is 0 Å². The molecule has 0 aromatic rings. The van der Waals surface area contributed by atoms with Crippen LogP contribution >= 0.6 is 7.82 Å². The number of phosphoric ester groups is 1. The van der Waals surface area contributed by atoms with E-state index in [1.807, 2.05) is 0 Å². The van der Waals surface area contributed by atoms with Crippen molar-refractivity contribution in [3.8, 4) is 0 Å². The molecular formula is C46H88NO8P. The van der Waals surface area contributed by atoms with E-state index in [0.717, 1.165) is 57.8 Å². The van der Waals surface area contributed by atoms with Crippen LogP contribution in [-0.2, 0) is 32.7 Å². The van der Waals surface area contributed by atoms with E-state index in [-0.39, 0.29) is 32.0 Å². The summed E-state index contributed by atoms with van der Waals surface area (Å²) < 4.78 is 33.2. The van der Waals surface area contributed by atoms with E-state index in [2.05, 4.69) is 43.5 Å². The van der Waals surface area contributed by atoms with Gasteiger partial charge in [-0.05, 0) is 71.3 Å². The summed E-state index contributed by atoms with van der Waals surface area (Å²) in [5, 5.41) is 2.83. The molecule has 0 heterocycles. The monoisotopic (exact) mass is 814 g/mol. The fourth-order valence-corrected chi connectivity index (χ4v) is 7.24. The molecule has 0 aromatic heterocycles. The molecule has 0 radical (unpaired) electrons. The summed E-state index contributed by atoms with van der Waals surface area (Å²) in [7, 11) is -2.65. The lowest BCUT2D eigenvalue weighted by Gasteiger charge is -2.20. The lowest BCUT2D eigenvalue weighted by Crippen LogP contribution is -2.29. The quantitative estimate of drug-likeness (QED) is 0.0268. The van der Waals surface area contributed by atoms with Crippen molar-refractivity contribution in [2.75, 3.05) is 33.4 Å².